The van der Waals surface area contributed by atoms with Gasteiger partial charge < -0.3 is 4.90 Å². The van der Waals surface area contributed by atoms with Gasteiger partial charge in [-0.2, -0.15) is 13.2 Å². The van der Waals surface area contributed by atoms with E-state index in [9.17, 15) is 28.1 Å². The lowest BCUT2D eigenvalue weighted by molar-refractivity contribution is -0.385. The van der Waals surface area contributed by atoms with Gasteiger partial charge in [0.15, 0.2) is 0 Å². The summed E-state index contributed by atoms with van der Waals surface area (Å²) in [4.78, 5) is 22.6. The molecular weight excluding hydrogens is 380 g/mol. The Morgan fingerprint density at radius 1 is 1.43 bits per heavy atom. The van der Waals surface area contributed by atoms with Crippen LogP contribution in [0.3, 0.4) is 0 Å². The van der Waals surface area contributed by atoms with E-state index in [1.54, 1.807) is 0 Å². The lowest BCUT2D eigenvalue weighted by Crippen LogP contribution is -2.40. The van der Waals surface area contributed by atoms with Crippen molar-refractivity contribution in [1.29, 1.82) is 0 Å². The molecule has 0 aliphatic carbocycles. The number of benzene rings is 1. The van der Waals surface area contributed by atoms with Gasteiger partial charge in [0, 0.05) is 23.0 Å². The third kappa shape index (κ3) is 5.16. The van der Waals surface area contributed by atoms with Crippen LogP contribution in [0.15, 0.2) is 18.2 Å². The number of nitrogens with zero attached hydrogens (tertiary/aromatic N) is 2. The van der Waals surface area contributed by atoms with Crippen LogP contribution in [-0.2, 0) is 0 Å². The minimum atomic E-state index is -4.60. The van der Waals surface area contributed by atoms with Crippen molar-refractivity contribution in [2.45, 2.75) is 6.18 Å². The van der Waals surface area contributed by atoms with E-state index >= 15 is 0 Å². The zero-order valence-corrected chi connectivity index (χ0v) is 12.7. The van der Waals surface area contributed by atoms with E-state index in [0.29, 0.717) is 4.90 Å². The maximum absolute atomic E-state index is 12.5. The summed E-state index contributed by atoms with van der Waals surface area (Å²) in [7, 11) is 0. The topological polar surface area (TPSA) is 63.4 Å². The fourth-order valence-corrected chi connectivity index (χ4v) is 2.17. The molecule has 116 valence electrons. The number of amides is 1. The molecule has 0 fully saturated rings. The molecule has 10 heteroatoms. The first-order valence-corrected chi connectivity index (χ1v) is 7.01. The number of nitro benzene ring substituents is 1. The molecular formula is C11H9BrClF3N2O3. The van der Waals surface area contributed by atoms with Crippen molar-refractivity contribution in [3.8, 4) is 0 Å². The molecule has 0 bridgehead atoms. The Morgan fingerprint density at radius 2 is 2.05 bits per heavy atom. The summed E-state index contributed by atoms with van der Waals surface area (Å²) in [5.74, 6) is -1.07. The molecule has 0 saturated carbocycles. The van der Waals surface area contributed by atoms with Crippen molar-refractivity contribution < 1.29 is 22.9 Å². The SMILES string of the molecule is O=C(c1ccc(Cl)cc1[N+](=O)[O-])N(CCBr)CC(F)(F)F. The van der Waals surface area contributed by atoms with Crippen molar-refractivity contribution in [2.24, 2.45) is 0 Å². The molecule has 0 unspecified atom stereocenters. The first-order valence-electron chi connectivity index (χ1n) is 5.51. The van der Waals surface area contributed by atoms with Crippen LogP contribution in [0.4, 0.5) is 18.9 Å². The number of hydrogen-bond acceptors (Lipinski definition) is 3. The molecule has 1 rings (SSSR count). The van der Waals surface area contributed by atoms with E-state index in [1.807, 2.05) is 0 Å². The summed E-state index contributed by atoms with van der Waals surface area (Å²) in [6, 6.07) is 3.18. The average Bonchev–Trinajstić information content (AvgIpc) is 2.35. The second kappa shape index (κ2) is 7.08. The highest BCUT2D eigenvalue weighted by atomic mass is 79.9. The Hall–Kier alpha value is -1.35. The normalized spacial score (nSPS) is 11.3. The standard InChI is InChI=1S/C11H9BrClF3N2O3/c12-3-4-17(6-11(14,15)16)10(19)8-2-1-7(13)5-9(8)18(20)21/h1-2,5H,3-4,6H2. The van der Waals surface area contributed by atoms with Crippen LogP contribution in [0.1, 0.15) is 10.4 Å². The van der Waals surface area contributed by atoms with Gasteiger partial charge in [-0.05, 0) is 12.1 Å². The molecule has 0 aliphatic heterocycles. The van der Waals surface area contributed by atoms with E-state index in [2.05, 4.69) is 15.9 Å². The van der Waals surface area contributed by atoms with Crippen molar-refractivity contribution in [1.82, 2.24) is 4.90 Å². The number of halogens is 5. The van der Waals surface area contributed by atoms with Gasteiger partial charge in [-0.1, -0.05) is 27.5 Å². The third-order valence-electron chi connectivity index (χ3n) is 2.40. The molecule has 5 nitrogen and oxygen atoms in total. The van der Waals surface area contributed by atoms with Crippen LogP contribution in [0, 0.1) is 10.1 Å². The van der Waals surface area contributed by atoms with Crippen molar-refractivity contribution in [3.05, 3.63) is 38.9 Å². The largest absolute Gasteiger partial charge is 0.406 e. The van der Waals surface area contributed by atoms with Crippen LogP contribution in [0.2, 0.25) is 5.02 Å². The van der Waals surface area contributed by atoms with Crippen LogP contribution in [0.5, 0.6) is 0 Å². The van der Waals surface area contributed by atoms with Gasteiger partial charge in [0.1, 0.15) is 12.1 Å². The number of carbonyl (C=O) groups is 1. The van der Waals surface area contributed by atoms with Crippen LogP contribution >= 0.6 is 27.5 Å². The zero-order chi connectivity index (χ0) is 16.2. The second-order valence-corrected chi connectivity index (χ2v) is 5.18. The predicted molar refractivity (Wildman–Crippen MR) is 73.9 cm³/mol. The van der Waals surface area contributed by atoms with Crippen LogP contribution in [0.25, 0.3) is 0 Å². The quantitative estimate of drug-likeness (QED) is 0.439. The molecule has 0 N–H and O–H groups in total. The van der Waals surface area contributed by atoms with E-state index in [4.69, 9.17) is 11.6 Å². The summed E-state index contributed by atoms with van der Waals surface area (Å²) < 4.78 is 37.4. The van der Waals surface area contributed by atoms with Gasteiger partial charge >= 0.3 is 6.18 Å². The monoisotopic (exact) mass is 388 g/mol. The summed E-state index contributed by atoms with van der Waals surface area (Å²) in [5, 5.41) is 11.0. The molecule has 0 aliphatic rings. The van der Waals surface area contributed by atoms with Gasteiger partial charge in [-0.25, -0.2) is 0 Å². The fraction of sp³-hybridized carbons (Fsp3) is 0.364. The van der Waals surface area contributed by atoms with E-state index in [-0.39, 0.29) is 16.9 Å². The molecule has 0 spiro atoms. The van der Waals surface area contributed by atoms with Crippen molar-refractivity contribution in [2.75, 3.05) is 18.4 Å². The first-order chi connectivity index (χ1) is 9.65. The molecule has 0 aromatic heterocycles. The van der Waals surface area contributed by atoms with E-state index < -0.39 is 34.8 Å². The number of hydrogen-bond donors (Lipinski definition) is 0. The van der Waals surface area contributed by atoms with Gasteiger partial charge in [0.2, 0.25) is 0 Å². The van der Waals surface area contributed by atoms with Gasteiger partial charge in [-0.15, -0.1) is 0 Å². The maximum Gasteiger partial charge on any atom is 0.406 e. The molecule has 0 saturated heterocycles. The summed E-state index contributed by atoms with van der Waals surface area (Å²) in [5.41, 5.74) is -1.07. The van der Waals surface area contributed by atoms with Crippen molar-refractivity contribution in [3.63, 3.8) is 0 Å². The molecule has 21 heavy (non-hydrogen) atoms. The Kier molecular flexibility index (Phi) is 5.97. The Labute approximate surface area is 130 Å². The lowest BCUT2D eigenvalue weighted by Gasteiger charge is -2.23. The van der Waals surface area contributed by atoms with Crippen molar-refractivity contribution >= 4 is 39.1 Å². The minimum Gasteiger partial charge on any atom is -0.328 e. The lowest BCUT2D eigenvalue weighted by atomic mass is 10.1. The molecule has 0 atom stereocenters. The Bertz CT molecular complexity index is 554. The van der Waals surface area contributed by atoms with E-state index in [1.165, 1.54) is 6.07 Å². The Morgan fingerprint density at radius 3 is 2.52 bits per heavy atom. The second-order valence-electron chi connectivity index (χ2n) is 3.95. The Balaban J connectivity index is 3.17. The number of alkyl halides is 4. The highest BCUT2D eigenvalue weighted by Crippen LogP contribution is 2.26. The van der Waals surface area contributed by atoms with Crippen LogP contribution in [-0.4, -0.2) is 40.3 Å². The fourth-order valence-electron chi connectivity index (χ4n) is 1.58. The maximum atomic E-state index is 12.5. The summed E-state index contributed by atoms with van der Waals surface area (Å²) in [6.45, 7) is -1.73. The van der Waals surface area contributed by atoms with Gasteiger partial charge in [0.05, 0.1) is 4.92 Å². The van der Waals surface area contributed by atoms with Gasteiger partial charge in [-0.3, -0.25) is 14.9 Å². The highest BCUT2D eigenvalue weighted by molar-refractivity contribution is 9.09. The van der Waals surface area contributed by atoms with E-state index in [0.717, 1.165) is 12.1 Å². The average molecular weight is 390 g/mol. The van der Waals surface area contributed by atoms with Crippen LogP contribution < -0.4 is 0 Å². The number of rotatable bonds is 5. The molecule has 0 radical (unpaired) electrons. The molecule has 1 amide bonds. The molecule has 0 heterocycles. The third-order valence-corrected chi connectivity index (χ3v) is 2.99. The predicted octanol–water partition coefficient (Wildman–Crippen LogP) is 3.65. The van der Waals surface area contributed by atoms with Gasteiger partial charge in [0.25, 0.3) is 11.6 Å². The number of carbonyl (C=O) groups excluding carboxylic acids is 1. The summed E-state index contributed by atoms with van der Waals surface area (Å²) >= 11 is 8.54. The molecule has 1 aromatic rings. The number of nitro groups is 1. The molecule has 1 aromatic carbocycles. The highest BCUT2D eigenvalue weighted by Gasteiger charge is 2.34. The summed E-state index contributed by atoms with van der Waals surface area (Å²) in [6.07, 6.45) is -4.60. The minimum absolute atomic E-state index is 0.0149. The smallest absolute Gasteiger partial charge is 0.328 e. The first kappa shape index (κ1) is 17.7. The zero-order valence-electron chi connectivity index (χ0n) is 10.4.